The molecule has 148 valence electrons. The maximum Gasteiger partial charge on any atom is 0.256 e. The minimum atomic E-state index is -0.707. The van der Waals surface area contributed by atoms with Crippen LogP contribution in [-0.4, -0.2) is 35.5 Å². The van der Waals surface area contributed by atoms with Crippen LogP contribution in [0.4, 0.5) is 18.9 Å². The number of hydrogen-bond acceptors (Lipinski definition) is 2. The van der Waals surface area contributed by atoms with E-state index in [-0.39, 0.29) is 28.9 Å². The zero-order chi connectivity index (χ0) is 20.1. The molecule has 0 bridgehead atoms. The molecule has 0 saturated carbocycles. The Balaban J connectivity index is 1.57. The van der Waals surface area contributed by atoms with Gasteiger partial charge in [-0.3, -0.25) is 4.79 Å². The number of anilines is 1. The summed E-state index contributed by atoms with van der Waals surface area (Å²) in [5, 5.41) is 0. The molecule has 4 rings (SSSR count). The lowest BCUT2D eigenvalue weighted by Crippen LogP contribution is -2.50. The second kappa shape index (κ2) is 6.83. The Morgan fingerprint density at radius 1 is 1.07 bits per heavy atom. The number of piperidine rings is 1. The molecule has 0 unspecified atom stereocenters. The minimum Gasteiger partial charge on any atom is -0.363 e. The number of halogens is 3. The molecule has 1 amide bonds. The van der Waals surface area contributed by atoms with Gasteiger partial charge in [-0.2, -0.15) is 0 Å². The fourth-order valence-electron chi connectivity index (χ4n) is 4.93. The maximum absolute atomic E-state index is 14.0. The summed E-state index contributed by atoms with van der Waals surface area (Å²) < 4.78 is 41.3. The summed E-state index contributed by atoms with van der Waals surface area (Å²) in [6.45, 7) is 5.18. The van der Waals surface area contributed by atoms with Crippen LogP contribution in [0, 0.1) is 23.4 Å². The Bertz CT molecular complexity index is 914. The molecule has 0 N–H and O–H groups in total. The van der Waals surface area contributed by atoms with E-state index in [1.165, 1.54) is 6.07 Å². The van der Waals surface area contributed by atoms with Crippen LogP contribution in [0.5, 0.6) is 0 Å². The number of carbonyl (C=O) groups is 1. The number of nitrogens with zero attached hydrogens (tertiary/aromatic N) is 2. The number of hydrogen-bond donors (Lipinski definition) is 0. The standard InChI is InChI=1S/C22H23F3N2O/c1-22(2)12-14-13-26(21(28)18-11-16(24)6-7-19(18)25)9-8-20(14)27(22)17-5-3-4-15(23)10-17/h3-7,10-11,14,20H,8-9,12-13H2,1-2H3/t14-,20+/m1/s1. The molecular weight excluding hydrogens is 365 g/mol. The number of rotatable bonds is 2. The van der Waals surface area contributed by atoms with Gasteiger partial charge >= 0.3 is 0 Å². The average molecular weight is 388 g/mol. The van der Waals surface area contributed by atoms with Crippen molar-refractivity contribution < 1.29 is 18.0 Å². The molecule has 2 aliphatic heterocycles. The smallest absolute Gasteiger partial charge is 0.256 e. The fraction of sp³-hybridized carbons (Fsp3) is 0.409. The highest BCUT2D eigenvalue weighted by Crippen LogP contribution is 2.44. The summed E-state index contributed by atoms with van der Waals surface area (Å²) in [6, 6.07) is 9.73. The number of fused-ring (bicyclic) bond motifs is 1. The van der Waals surface area contributed by atoms with Crippen LogP contribution < -0.4 is 4.90 Å². The third kappa shape index (κ3) is 3.25. The van der Waals surface area contributed by atoms with Gasteiger partial charge in [0.1, 0.15) is 17.5 Å². The van der Waals surface area contributed by atoms with Crippen LogP contribution in [0.1, 0.15) is 37.0 Å². The van der Waals surface area contributed by atoms with Gasteiger partial charge in [-0.15, -0.1) is 0 Å². The Morgan fingerprint density at radius 3 is 2.57 bits per heavy atom. The maximum atomic E-state index is 14.0. The average Bonchev–Trinajstić information content (AvgIpc) is 2.91. The van der Waals surface area contributed by atoms with Crippen LogP contribution in [0.15, 0.2) is 42.5 Å². The van der Waals surface area contributed by atoms with Crippen molar-refractivity contribution in [3.05, 3.63) is 65.5 Å². The zero-order valence-corrected chi connectivity index (χ0v) is 16.0. The van der Waals surface area contributed by atoms with E-state index in [0.29, 0.717) is 19.5 Å². The highest BCUT2D eigenvalue weighted by atomic mass is 19.1. The second-order valence-corrected chi connectivity index (χ2v) is 8.36. The van der Waals surface area contributed by atoms with Gasteiger partial charge < -0.3 is 9.80 Å². The summed E-state index contributed by atoms with van der Waals surface area (Å²) in [7, 11) is 0. The quantitative estimate of drug-likeness (QED) is 0.749. The van der Waals surface area contributed by atoms with E-state index >= 15 is 0 Å². The van der Waals surface area contributed by atoms with Crippen LogP contribution in [0.2, 0.25) is 0 Å². The number of amides is 1. The molecule has 28 heavy (non-hydrogen) atoms. The summed E-state index contributed by atoms with van der Waals surface area (Å²) >= 11 is 0. The van der Waals surface area contributed by atoms with E-state index in [4.69, 9.17) is 0 Å². The lowest BCUT2D eigenvalue weighted by atomic mass is 9.89. The van der Waals surface area contributed by atoms with Crippen molar-refractivity contribution >= 4 is 11.6 Å². The lowest BCUT2D eigenvalue weighted by Gasteiger charge is -2.42. The Morgan fingerprint density at radius 2 is 1.82 bits per heavy atom. The molecule has 2 fully saturated rings. The molecule has 0 radical (unpaired) electrons. The van der Waals surface area contributed by atoms with Gasteiger partial charge in [0.05, 0.1) is 5.56 Å². The third-order valence-electron chi connectivity index (χ3n) is 5.97. The monoisotopic (exact) mass is 388 g/mol. The van der Waals surface area contributed by atoms with Gasteiger partial charge in [0, 0.05) is 30.4 Å². The van der Waals surface area contributed by atoms with Gasteiger partial charge in [-0.1, -0.05) is 6.07 Å². The first-order valence-electron chi connectivity index (χ1n) is 9.55. The molecular formula is C22H23F3N2O. The normalized spacial score (nSPS) is 23.6. The van der Waals surface area contributed by atoms with Gasteiger partial charge in [-0.25, -0.2) is 13.2 Å². The molecule has 2 heterocycles. The molecule has 2 saturated heterocycles. The molecule has 6 heteroatoms. The fourth-order valence-corrected chi connectivity index (χ4v) is 4.93. The molecule has 2 aromatic rings. The van der Waals surface area contributed by atoms with Crippen molar-refractivity contribution in [2.75, 3.05) is 18.0 Å². The molecule has 3 nitrogen and oxygen atoms in total. The molecule has 2 aliphatic rings. The summed E-state index contributed by atoms with van der Waals surface area (Å²) in [5.74, 6) is -1.89. The first-order valence-corrected chi connectivity index (χ1v) is 9.55. The summed E-state index contributed by atoms with van der Waals surface area (Å²) in [4.78, 5) is 16.6. The molecule has 2 aromatic carbocycles. The van der Waals surface area contributed by atoms with E-state index in [0.717, 1.165) is 30.3 Å². The largest absolute Gasteiger partial charge is 0.363 e. The van der Waals surface area contributed by atoms with Crippen LogP contribution in [0.3, 0.4) is 0 Å². The van der Waals surface area contributed by atoms with Crippen molar-refractivity contribution in [2.45, 2.75) is 38.3 Å². The van der Waals surface area contributed by atoms with Crippen molar-refractivity contribution in [1.82, 2.24) is 4.90 Å². The first-order chi connectivity index (χ1) is 13.3. The van der Waals surface area contributed by atoms with Gasteiger partial charge in [0.25, 0.3) is 5.91 Å². The Labute approximate surface area is 162 Å². The number of likely N-dealkylation sites (tertiary alicyclic amines) is 1. The summed E-state index contributed by atoms with van der Waals surface area (Å²) in [5.41, 5.74) is 0.429. The predicted octanol–water partition coefficient (Wildman–Crippen LogP) is 4.62. The zero-order valence-electron chi connectivity index (χ0n) is 16.0. The van der Waals surface area contributed by atoms with E-state index < -0.39 is 17.5 Å². The summed E-state index contributed by atoms with van der Waals surface area (Å²) in [6.07, 6.45) is 1.54. The van der Waals surface area contributed by atoms with Crippen molar-refractivity contribution in [3.8, 4) is 0 Å². The van der Waals surface area contributed by atoms with E-state index in [1.807, 2.05) is 6.07 Å². The van der Waals surface area contributed by atoms with Crippen LogP contribution in [-0.2, 0) is 0 Å². The predicted molar refractivity (Wildman–Crippen MR) is 102 cm³/mol. The SMILES string of the molecule is CC1(C)C[C@@H]2CN(C(=O)c3cc(F)ccc3F)CC[C@@H]2N1c1cccc(F)c1. The molecule has 0 aromatic heterocycles. The Hall–Kier alpha value is -2.50. The van der Waals surface area contributed by atoms with Gasteiger partial charge in [0.15, 0.2) is 0 Å². The third-order valence-corrected chi connectivity index (χ3v) is 5.97. The van der Waals surface area contributed by atoms with Crippen molar-refractivity contribution in [1.29, 1.82) is 0 Å². The lowest BCUT2D eigenvalue weighted by molar-refractivity contribution is 0.0662. The van der Waals surface area contributed by atoms with E-state index in [1.54, 1.807) is 17.0 Å². The van der Waals surface area contributed by atoms with E-state index in [2.05, 4.69) is 18.7 Å². The highest BCUT2D eigenvalue weighted by molar-refractivity contribution is 5.94. The van der Waals surface area contributed by atoms with Crippen LogP contribution in [0.25, 0.3) is 0 Å². The first kappa shape index (κ1) is 18.8. The molecule has 0 aliphatic carbocycles. The van der Waals surface area contributed by atoms with Crippen molar-refractivity contribution in [2.24, 2.45) is 5.92 Å². The second-order valence-electron chi connectivity index (χ2n) is 8.36. The highest BCUT2D eigenvalue weighted by Gasteiger charge is 2.48. The van der Waals surface area contributed by atoms with Gasteiger partial charge in [0.2, 0.25) is 0 Å². The van der Waals surface area contributed by atoms with E-state index in [9.17, 15) is 18.0 Å². The minimum absolute atomic E-state index is 0.179. The van der Waals surface area contributed by atoms with Gasteiger partial charge in [-0.05, 0) is 69.0 Å². The van der Waals surface area contributed by atoms with Crippen molar-refractivity contribution in [3.63, 3.8) is 0 Å². The molecule has 2 atom stereocenters. The number of benzene rings is 2. The topological polar surface area (TPSA) is 23.6 Å². The number of carbonyl (C=O) groups excluding carboxylic acids is 1. The Kier molecular flexibility index (Phi) is 4.60. The molecule has 0 spiro atoms. The van der Waals surface area contributed by atoms with Crippen LogP contribution >= 0.6 is 0 Å².